The standard InChI is InChI=1S/C10H10N2S/c1-8-7-11-10(12-8)13-9-5-3-2-4-6-9/h2-7H,1H3,(H,11,12). The number of aryl methyl sites for hydroxylation is 1. The maximum absolute atomic E-state index is 4.22. The third-order valence-corrected chi connectivity index (χ3v) is 2.55. The van der Waals surface area contributed by atoms with Gasteiger partial charge < -0.3 is 4.98 Å². The van der Waals surface area contributed by atoms with Gasteiger partial charge in [0, 0.05) is 16.8 Å². The Hall–Kier alpha value is -1.22. The number of nitrogens with zero attached hydrogens (tertiary/aromatic N) is 1. The minimum absolute atomic E-state index is 0.948. The first-order chi connectivity index (χ1) is 6.34. The van der Waals surface area contributed by atoms with Crippen molar-refractivity contribution in [3.05, 3.63) is 42.2 Å². The normalized spacial score (nSPS) is 10.2. The molecule has 0 saturated carbocycles. The molecule has 0 atom stereocenters. The third kappa shape index (κ3) is 2.12. The van der Waals surface area contributed by atoms with Crippen molar-refractivity contribution in [2.75, 3.05) is 0 Å². The molecule has 1 heterocycles. The number of nitrogens with one attached hydrogen (secondary N) is 1. The first kappa shape index (κ1) is 8.38. The molecule has 66 valence electrons. The van der Waals surface area contributed by atoms with Crippen molar-refractivity contribution in [1.82, 2.24) is 9.97 Å². The Labute approximate surface area is 81.4 Å². The van der Waals surface area contributed by atoms with Gasteiger partial charge in [0.25, 0.3) is 0 Å². The summed E-state index contributed by atoms with van der Waals surface area (Å²) in [6.45, 7) is 2.00. The summed E-state index contributed by atoms with van der Waals surface area (Å²) in [6.07, 6.45) is 1.84. The molecule has 13 heavy (non-hydrogen) atoms. The van der Waals surface area contributed by atoms with E-state index in [1.807, 2.05) is 31.3 Å². The van der Waals surface area contributed by atoms with Gasteiger partial charge in [-0.1, -0.05) is 30.0 Å². The summed E-state index contributed by atoms with van der Waals surface area (Å²) in [5.41, 5.74) is 1.10. The molecule has 0 unspecified atom stereocenters. The fourth-order valence-corrected chi connectivity index (χ4v) is 1.87. The van der Waals surface area contributed by atoms with Gasteiger partial charge in [-0.25, -0.2) is 4.98 Å². The first-order valence-corrected chi connectivity index (χ1v) is 4.91. The second-order valence-corrected chi connectivity index (χ2v) is 3.85. The lowest BCUT2D eigenvalue weighted by Crippen LogP contribution is -1.75. The number of aromatic amines is 1. The van der Waals surface area contributed by atoms with E-state index in [1.165, 1.54) is 4.90 Å². The van der Waals surface area contributed by atoms with E-state index in [2.05, 4.69) is 22.1 Å². The van der Waals surface area contributed by atoms with Crippen molar-refractivity contribution >= 4 is 11.8 Å². The molecule has 2 nitrogen and oxygen atoms in total. The number of H-pyrrole nitrogens is 1. The van der Waals surface area contributed by atoms with Gasteiger partial charge >= 0.3 is 0 Å². The number of hydrogen-bond acceptors (Lipinski definition) is 2. The number of hydrogen-bond donors (Lipinski definition) is 1. The Morgan fingerprint density at radius 3 is 2.62 bits per heavy atom. The van der Waals surface area contributed by atoms with Crippen LogP contribution in [0.2, 0.25) is 0 Å². The molecule has 2 rings (SSSR count). The largest absolute Gasteiger partial charge is 0.337 e. The molecule has 1 N–H and O–H groups in total. The summed E-state index contributed by atoms with van der Waals surface area (Å²) >= 11 is 1.64. The monoisotopic (exact) mass is 190 g/mol. The maximum atomic E-state index is 4.22. The predicted molar refractivity (Wildman–Crippen MR) is 53.9 cm³/mol. The van der Waals surface area contributed by atoms with E-state index in [0.29, 0.717) is 0 Å². The van der Waals surface area contributed by atoms with E-state index in [1.54, 1.807) is 11.8 Å². The third-order valence-electron chi connectivity index (χ3n) is 1.64. The van der Waals surface area contributed by atoms with Gasteiger partial charge in [0.05, 0.1) is 0 Å². The van der Waals surface area contributed by atoms with Crippen LogP contribution in [0.4, 0.5) is 0 Å². The Bertz CT molecular complexity index is 381. The number of rotatable bonds is 2. The highest BCUT2D eigenvalue weighted by Crippen LogP contribution is 2.23. The van der Waals surface area contributed by atoms with Crippen molar-refractivity contribution in [3.63, 3.8) is 0 Å². The van der Waals surface area contributed by atoms with Gasteiger partial charge in [0.2, 0.25) is 0 Å². The van der Waals surface area contributed by atoms with Crippen LogP contribution in [0.25, 0.3) is 0 Å². The summed E-state index contributed by atoms with van der Waals surface area (Å²) in [6, 6.07) is 10.2. The molecule has 0 spiro atoms. The Kier molecular flexibility index (Phi) is 2.36. The second kappa shape index (κ2) is 3.66. The molecular weight excluding hydrogens is 180 g/mol. The molecule has 1 aromatic carbocycles. The fraction of sp³-hybridized carbons (Fsp3) is 0.100. The summed E-state index contributed by atoms with van der Waals surface area (Å²) in [7, 11) is 0. The topological polar surface area (TPSA) is 28.7 Å². The van der Waals surface area contributed by atoms with Gasteiger partial charge in [-0.05, 0) is 19.1 Å². The van der Waals surface area contributed by atoms with E-state index >= 15 is 0 Å². The molecule has 0 aliphatic carbocycles. The van der Waals surface area contributed by atoms with Crippen molar-refractivity contribution < 1.29 is 0 Å². The second-order valence-electron chi connectivity index (χ2n) is 2.79. The first-order valence-electron chi connectivity index (χ1n) is 4.09. The van der Waals surface area contributed by atoms with Gasteiger partial charge in [-0.2, -0.15) is 0 Å². The summed E-state index contributed by atoms with van der Waals surface area (Å²) < 4.78 is 0. The number of benzene rings is 1. The van der Waals surface area contributed by atoms with E-state index in [-0.39, 0.29) is 0 Å². The summed E-state index contributed by atoms with van der Waals surface area (Å²) in [5.74, 6) is 0. The van der Waals surface area contributed by atoms with Gasteiger partial charge in [-0.3, -0.25) is 0 Å². The molecule has 0 radical (unpaired) electrons. The van der Waals surface area contributed by atoms with Crippen molar-refractivity contribution in [1.29, 1.82) is 0 Å². The minimum Gasteiger partial charge on any atom is -0.337 e. The maximum Gasteiger partial charge on any atom is 0.170 e. The quantitative estimate of drug-likeness (QED) is 0.788. The molecule has 0 amide bonds. The van der Waals surface area contributed by atoms with Gasteiger partial charge in [0.1, 0.15) is 0 Å². The van der Waals surface area contributed by atoms with E-state index in [0.717, 1.165) is 10.9 Å². The van der Waals surface area contributed by atoms with Gasteiger partial charge in [-0.15, -0.1) is 0 Å². The van der Waals surface area contributed by atoms with Crippen LogP contribution >= 0.6 is 11.8 Å². The number of imidazole rings is 1. The van der Waals surface area contributed by atoms with Crippen LogP contribution in [0.5, 0.6) is 0 Å². The lowest BCUT2D eigenvalue weighted by Gasteiger charge is -1.95. The SMILES string of the molecule is Cc1cnc(Sc2ccccc2)[nH]1. The zero-order valence-electron chi connectivity index (χ0n) is 7.32. The molecule has 0 bridgehead atoms. The molecule has 0 aliphatic heterocycles. The molecule has 3 heteroatoms. The van der Waals surface area contributed by atoms with E-state index < -0.39 is 0 Å². The van der Waals surface area contributed by atoms with Gasteiger partial charge in [0.15, 0.2) is 5.16 Å². The minimum atomic E-state index is 0.948. The zero-order chi connectivity index (χ0) is 9.10. The summed E-state index contributed by atoms with van der Waals surface area (Å²) in [4.78, 5) is 8.60. The average molecular weight is 190 g/mol. The van der Waals surface area contributed by atoms with Crippen LogP contribution in [0.1, 0.15) is 5.69 Å². The van der Waals surface area contributed by atoms with Crippen molar-refractivity contribution in [2.45, 2.75) is 17.0 Å². The molecule has 0 saturated heterocycles. The molecule has 1 aromatic heterocycles. The lowest BCUT2D eigenvalue weighted by molar-refractivity contribution is 1.04. The smallest absolute Gasteiger partial charge is 0.170 e. The Morgan fingerprint density at radius 2 is 2.00 bits per heavy atom. The molecule has 0 fully saturated rings. The van der Waals surface area contributed by atoms with Crippen LogP contribution in [0.15, 0.2) is 46.6 Å². The number of aromatic nitrogens is 2. The summed E-state index contributed by atoms with van der Waals surface area (Å²) in [5, 5.41) is 0.948. The van der Waals surface area contributed by atoms with Crippen LogP contribution in [-0.4, -0.2) is 9.97 Å². The average Bonchev–Trinajstić information content (AvgIpc) is 2.53. The molecular formula is C10H10N2S. The van der Waals surface area contributed by atoms with E-state index in [4.69, 9.17) is 0 Å². The Balaban J connectivity index is 2.15. The van der Waals surface area contributed by atoms with Crippen molar-refractivity contribution in [2.24, 2.45) is 0 Å². The fourth-order valence-electron chi connectivity index (χ4n) is 1.04. The van der Waals surface area contributed by atoms with Crippen LogP contribution in [-0.2, 0) is 0 Å². The van der Waals surface area contributed by atoms with Crippen molar-refractivity contribution in [3.8, 4) is 0 Å². The molecule has 0 aliphatic rings. The lowest BCUT2D eigenvalue weighted by atomic mass is 10.4. The zero-order valence-corrected chi connectivity index (χ0v) is 8.14. The van der Waals surface area contributed by atoms with Crippen LogP contribution < -0.4 is 0 Å². The predicted octanol–water partition coefficient (Wildman–Crippen LogP) is 2.87. The van der Waals surface area contributed by atoms with E-state index in [9.17, 15) is 0 Å². The Morgan fingerprint density at radius 1 is 1.23 bits per heavy atom. The van der Waals surface area contributed by atoms with Crippen LogP contribution in [0, 0.1) is 6.92 Å². The highest BCUT2D eigenvalue weighted by Gasteiger charge is 1.98. The van der Waals surface area contributed by atoms with Crippen LogP contribution in [0.3, 0.4) is 0 Å². The highest BCUT2D eigenvalue weighted by atomic mass is 32.2. The molecule has 2 aromatic rings. The highest BCUT2D eigenvalue weighted by molar-refractivity contribution is 7.99.